The average molecular weight is 294 g/mol. The lowest BCUT2D eigenvalue weighted by Gasteiger charge is -2.24. The van der Waals surface area contributed by atoms with Gasteiger partial charge < -0.3 is 4.90 Å². The largest absolute Gasteiger partial charge is 0.346 e. The van der Waals surface area contributed by atoms with Crippen molar-refractivity contribution in [2.75, 3.05) is 30.4 Å². The Bertz CT molecular complexity index is 195. The fourth-order valence-corrected chi connectivity index (χ4v) is 3.23. The van der Waals surface area contributed by atoms with Crippen LogP contribution < -0.4 is 0 Å². The Labute approximate surface area is 105 Å². The van der Waals surface area contributed by atoms with Crippen LogP contribution in [0.25, 0.3) is 0 Å². The number of carbonyl (C=O) groups excluding carboxylic acids is 1. The molecule has 0 aliphatic carbocycles. The molecule has 1 aliphatic heterocycles. The number of amides is 1. The third-order valence-corrected chi connectivity index (χ3v) is 4.47. The Morgan fingerprint density at radius 2 is 2.13 bits per heavy atom. The van der Waals surface area contributed by atoms with Gasteiger partial charge in [-0.1, -0.05) is 15.9 Å². The molecule has 1 saturated heterocycles. The van der Waals surface area contributed by atoms with Gasteiger partial charge in [0.15, 0.2) is 0 Å². The fourth-order valence-electron chi connectivity index (χ4n) is 1.77. The van der Waals surface area contributed by atoms with Gasteiger partial charge in [0, 0.05) is 25.3 Å². The Morgan fingerprint density at radius 3 is 2.73 bits per heavy atom. The van der Waals surface area contributed by atoms with Gasteiger partial charge in [0.05, 0.1) is 0 Å². The molecule has 1 aliphatic rings. The zero-order chi connectivity index (χ0) is 11.1. The quantitative estimate of drug-likeness (QED) is 0.727. The maximum atomic E-state index is 11.8. The maximum absolute atomic E-state index is 11.8. The second-order valence-corrected chi connectivity index (χ2v) is 6.14. The summed E-state index contributed by atoms with van der Waals surface area (Å²) in [6, 6.07) is 0. The van der Waals surface area contributed by atoms with E-state index in [1.165, 1.54) is 24.3 Å². The Hall–Kier alpha value is 0.300. The summed E-state index contributed by atoms with van der Waals surface area (Å²) >= 11 is 5.40. The van der Waals surface area contributed by atoms with Gasteiger partial charge >= 0.3 is 0 Å². The van der Waals surface area contributed by atoms with E-state index in [1.54, 1.807) is 0 Å². The molecule has 0 bridgehead atoms. The number of halogens is 1. The van der Waals surface area contributed by atoms with Crippen molar-refractivity contribution in [3.63, 3.8) is 0 Å². The number of thioether (sulfide) groups is 1. The van der Waals surface area contributed by atoms with Crippen LogP contribution in [-0.2, 0) is 4.79 Å². The highest BCUT2D eigenvalue weighted by molar-refractivity contribution is 9.09. The summed E-state index contributed by atoms with van der Waals surface area (Å²) in [5.74, 6) is 3.45. The molecule has 0 radical (unpaired) electrons. The van der Waals surface area contributed by atoms with Gasteiger partial charge in [-0.2, -0.15) is 11.8 Å². The maximum Gasteiger partial charge on any atom is 0.222 e. The SMILES string of the molecule is CN(CCCBr)C(=O)CC1CCSCC1. The zero-order valence-electron chi connectivity index (χ0n) is 9.38. The van der Waals surface area contributed by atoms with Crippen molar-refractivity contribution in [2.45, 2.75) is 25.7 Å². The number of rotatable bonds is 5. The molecule has 0 unspecified atom stereocenters. The van der Waals surface area contributed by atoms with Crippen molar-refractivity contribution >= 4 is 33.6 Å². The molecule has 15 heavy (non-hydrogen) atoms. The van der Waals surface area contributed by atoms with Gasteiger partial charge in [-0.15, -0.1) is 0 Å². The van der Waals surface area contributed by atoms with Crippen LogP contribution in [0, 0.1) is 5.92 Å². The smallest absolute Gasteiger partial charge is 0.222 e. The lowest BCUT2D eigenvalue weighted by Crippen LogP contribution is -2.30. The third-order valence-electron chi connectivity index (χ3n) is 2.86. The highest BCUT2D eigenvalue weighted by Crippen LogP contribution is 2.25. The predicted molar refractivity (Wildman–Crippen MR) is 70.7 cm³/mol. The molecule has 0 atom stereocenters. The third kappa shape index (κ3) is 5.25. The lowest BCUT2D eigenvalue weighted by molar-refractivity contribution is -0.130. The predicted octanol–water partition coefficient (Wildman–Crippen LogP) is 2.76. The number of nitrogens with zero attached hydrogens (tertiary/aromatic N) is 1. The van der Waals surface area contributed by atoms with E-state index >= 15 is 0 Å². The Kier molecular flexibility index (Phi) is 6.73. The van der Waals surface area contributed by atoms with E-state index in [9.17, 15) is 4.79 Å². The highest BCUT2D eigenvalue weighted by atomic mass is 79.9. The topological polar surface area (TPSA) is 20.3 Å². The highest BCUT2D eigenvalue weighted by Gasteiger charge is 2.19. The molecule has 1 fully saturated rings. The Balaban J connectivity index is 2.20. The van der Waals surface area contributed by atoms with E-state index in [2.05, 4.69) is 15.9 Å². The summed E-state index contributed by atoms with van der Waals surface area (Å²) in [6.07, 6.45) is 4.26. The summed E-state index contributed by atoms with van der Waals surface area (Å²) in [5, 5.41) is 0.977. The normalized spacial score (nSPS) is 17.7. The minimum absolute atomic E-state index is 0.327. The van der Waals surface area contributed by atoms with Crippen LogP contribution in [0.15, 0.2) is 0 Å². The molecule has 1 amide bonds. The minimum Gasteiger partial charge on any atom is -0.346 e. The van der Waals surface area contributed by atoms with Gasteiger partial charge in [-0.05, 0) is 36.7 Å². The van der Waals surface area contributed by atoms with E-state index in [4.69, 9.17) is 0 Å². The molecule has 0 aromatic rings. The summed E-state index contributed by atoms with van der Waals surface area (Å²) in [6.45, 7) is 0.881. The van der Waals surface area contributed by atoms with Crippen LogP contribution in [0.5, 0.6) is 0 Å². The standard InChI is InChI=1S/C11H20BrNOS/c1-13(6-2-5-12)11(14)9-10-3-7-15-8-4-10/h10H,2-9H2,1H3. The molecule has 0 aromatic heterocycles. The molecule has 0 saturated carbocycles. The van der Waals surface area contributed by atoms with Gasteiger partial charge in [-0.3, -0.25) is 4.79 Å². The number of alkyl halides is 1. The van der Waals surface area contributed by atoms with Crippen molar-refractivity contribution in [1.29, 1.82) is 0 Å². The molecule has 0 spiro atoms. The Morgan fingerprint density at radius 1 is 1.47 bits per heavy atom. The molecular formula is C11H20BrNOS. The zero-order valence-corrected chi connectivity index (χ0v) is 11.8. The molecule has 88 valence electrons. The van der Waals surface area contributed by atoms with E-state index in [0.717, 1.165) is 24.7 Å². The molecular weight excluding hydrogens is 274 g/mol. The van der Waals surface area contributed by atoms with Gasteiger partial charge in [0.2, 0.25) is 5.91 Å². The first-order chi connectivity index (χ1) is 7.24. The van der Waals surface area contributed by atoms with Gasteiger partial charge in [0.25, 0.3) is 0 Å². The van der Waals surface area contributed by atoms with E-state index in [1.807, 2.05) is 23.7 Å². The van der Waals surface area contributed by atoms with E-state index in [0.29, 0.717) is 11.8 Å². The first kappa shape index (κ1) is 13.4. The van der Waals surface area contributed by atoms with Crippen molar-refractivity contribution in [3.8, 4) is 0 Å². The van der Waals surface area contributed by atoms with E-state index in [-0.39, 0.29) is 0 Å². The van der Waals surface area contributed by atoms with Gasteiger partial charge in [0.1, 0.15) is 0 Å². The van der Waals surface area contributed by atoms with Crippen molar-refractivity contribution in [2.24, 2.45) is 5.92 Å². The summed E-state index contributed by atoms with van der Waals surface area (Å²) in [5.41, 5.74) is 0. The molecule has 0 aromatic carbocycles. The average Bonchev–Trinajstić information content (AvgIpc) is 2.27. The summed E-state index contributed by atoms with van der Waals surface area (Å²) in [7, 11) is 1.92. The van der Waals surface area contributed by atoms with Crippen LogP contribution in [0.3, 0.4) is 0 Å². The second kappa shape index (κ2) is 7.55. The number of carbonyl (C=O) groups is 1. The molecule has 0 N–H and O–H groups in total. The van der Waals surface area contributed by atoms with Crippen molar-refractivity contribution < 1.29 is 4.79 Å². The first-order valence-corrected chi connectivity index (χ1v) is 7.89. The van der Waals surface area contributed by atoms with Crippen LogP contribution >= 0.6 is 27.7 Å². The minimum atomic E-state index is 0.327. The fraction of sp³-hybridized carbons (Fsp3) is 0.909. The van der Waals surface area contributed by atoms with Crippen LogP contribution in [-0.4, -0.2) is 41.2 Å². The second-order valence-electron chi connectivity index (χ2n) is 4.12. The first-order valence-electron chi connectivity index (χ1n) is 5.61. The van der Waals surface area contributed by atoms with Crippen molar-refractivity contribution in [3.05, 3.63) is 0 Å². The molecule has 1 rings (SSSR count). The summed E-state index contributed by atoms with van der Waals surface area (Å²) in [4.78, 5) is 13.7. The molecule has 4 heteroatoms. The van der Waals surface area contributed by atoms with E-state index < -0.39 is 0 Å². The van der Waals surface area contributed by atoms with Gasteiger partial charge in [-0.25, -0.2) is 0 Å². The number of hydrogen-bond acceptors (Lipinski definition) is 2. The monoisotopic (exact) mass is 293 g/mol. The number of hydrogen-bond donors (Lipinski definition) is 0. The van der Waals surface area contributed by atoms with Crippen molar-refractivity contribution in [1.82, 2.24) is 4.90 Å². The summed E-state index contributed by atoms with van der Waals surface area (Å²) < 4.78 is 0. The van der Waals surface area contributed by atoms with Crippen LogP contribution in [0.2, 0.25) is 0 Å². The molecule has 1 heterocycles. The lowest BCUT2D eigenvalue weighted by atomic mass is 9.98. The van der Waals surface area contributed by atoms with Crippen LogP contribution in [0.1, 0.15) is 25.7 Å². The molecule has 2 nitrogen and oxygen atoms in total. The van der Waals surface area contributed by atoms with Crippen LogP contribution in [0.4, 0.5) is 0 Å².